The maximum absolute atomic E-state index is 12.4. The van der Waals surface area contributed by atoms with Gasteiger partial charge >= 0.3 is 12.6 Å². The van der Waals surface area contributed by atoms with Gasteiger partial charge < -0.3 is 24.5 Å². The topological polar surface area (TPSA) is 99.5 Å². The number of benzene rings is 1. The van der Waals surface area contributed by atoms with Gasteiger partial charge in [0, 0.05) is 18.0 Å². The molecular weight excluding hydrogens is 324 g/mol. The number of hydrogen-bond acceptors (Lipinski definition) is 6. The number of anilines is 1. The van der Waals surface area contributed by atoms with Gasteiger partial charge in [-0.1, -0.05) is 0 Å². The average Bonchev–Trinajstić information content (AvgIpc) is 2.90. The summed E-state index contributed by atoms with van der Waals surface area (Å²) in [5, 5.41) is 9.08. The first-order chi connectivity index (χ1) is 11.4. The van der Waals surface area contributed by atoms with Crippen LogP contribution in [0.3, 0.4) is 0 Å². The standard InChI is InChI=1S/C15H13F2N3O4/c1-22-11-5-9(3-4-10(11)24-15(16)17)20-7-8(6-18)12(19)13(20)14(21)23-2/h3-5,7,15H,19H2,1-2H3. The van der Waals surface area contributed by atoms with Crippen molar-refractivity contribution in [2.75, 3.05) is 20.0 Å². The summed E-state index contributed by atoms with van der Waals surface area (Å²) in [6.07, 6.45) is 1.34. The van der Waals surface area contributed by atoms with Crippen LogP contribution in [0.1, 0.15) is 16.1 Å². The van der Waals surface area contributed by atoms with Gasteiger partial charge in [0.1, 0.15) is 6.07 Å². The number of ether oxygens (including phenoxy) is 3. The zero-order chi connectivity index (χ0) is 17.9. The number of aromatic nitrogens is 1. The van der Waals surface area contributed by atoms with Crippen molar-refractivity contribution in [2.24, 2.45) is 0 Å². The van der Waals surface area contributed by atoms with Crippen LogP contribution in [0.25, 0.3) is 5.69 Å². The van der Waals surface area contributed by atoms with Crippen molar-refractivity contribution in [3.8, 4) is 23.3 Å². The molecule has 0 fully saturated rings. The number of nitrogens with two attached hydrogens (primary N) is 1. The van der Waals surface area contributed by atoms with Crippen molar-refractivity contribution in [2.45, 2.75) is 6.61 Å². The summed E-state index contributed by atoms with van der Waals surface area (Å²) in [5.74, 6) is -0.897. The van der Waals surface area contributed by atoms with Crippen LogP contribution in [-0.4, -0.2) is 31.4 Å². The van der Waals surface area contributed by atoms with Gasteiger partial charge in [-0.15, -0.1) is 0 Å². The number of carbonyl (C=O) groups is 1. The van der Waals surface area contributed by atoms with Gasteiger partial charge in [0.15, 0.2) is 17.2 Å². The van der Waals surface area contributed by atoms with E-state index in [0.717, 1.165) is 0 Å². The Hall–Kier alpha value is -3.28. The van der Waals surface area contributed by atoms with E-state index in [1.165, 1.54) is 43.2 Å². The summed E-state index contributed by atoms with van der Waals surface area (Å²) in [5.41, 5.74) is 6.11. The number of nitriles is 1. The number of rotatable bonds is 5. The van der Waals surface area contributed by atoms with Crippen molar-refractivity contribution in [3.63, 3.8) is 0 Å². The second-order valence-corrected chi connectivity index (χ2v) is 4.49. The Morgan fingerprint density at radius 2 is 2.04 bits per heavy atom. The molecule has 0 amide bonds. The second-order valence-electron chi connectivity index (χ2n) is 4.49. The van der Waals surface area contributed by atoms with E-state index in [0.29, 0.717) is 5.69 Å². The fourth-order valence-corrected chi connectivity index (χ4v) is 2.12. The van der Waals surface area contributed by atoms with Crippen LogP contribution in [0.5, 0.6) is 11.5 Å². The van der Waals surface area contributed by atoms with E-state index in [9.17, 15) is 13.6 Å². The van der Waals surface area contributed by atoms with Crippen LogP contribution in [0, 0.1) is 11.3 Å². The third-order valence-corrected chi connectivity index (χ3v) is 3.19. The number of methoxy groups -OCH3 is 2. The number of esters is 1. The first-order valence-electron chi connectivity index (χ1n) is 6.55. The first-order valence-corrected chi connectivity index (χ1v) is 6.55. The summed E-state index contributed by atoms with van der Waals surface area (Å²) in [7, 11) is 2.45. The zero-order valence-corrected chi connectivity index (χ0v) is 12.7. The predicted molar refractivity (Wildman–Crippen MR) is 79.4 cm³/mol. The molecule has 9 heteroatoms. The lowest BCUT2D eigenvalue weighted by Gasteiger charge is -2.13. The van der Waals surface area contributed by atoms with Crippen LogP contribution >= 0.6 is 0 Å². The molecule has 0 spiro atoms. The molecule has 7 nitrogen and oxygen atoms in total. The largest absolute Gasteiger partial charge is 0.493 e. The SMILES string of the molecule is COC(=O)c1c(N)c(C#N)cn1-c1ccc(OC(F)F)c(OC)c1. The van der Waals surface area contributed by atoms with Crippen molar-refractivity contribution in [3.05, 3.63) is 35.7 Å². The van der Waals surface area contributed by atoms with E-state index in [1.54, 1.807) is 0 Å². The Balaban J connectivity index is 2.60. The Morgan fingerprint density at radius 1 is 1.33 bits per heavy atom. The monoisotopic (exact) mass is 337 g/mol. The predicted octanol–water partition coefficient (Wildman–Crippen LogP) is 2.33. The molecule has 2 rings (SSSR count). The van der Waals surface area contributed by atoms with E-state index >= 15 is 0 Å². The third-order valence-electron chi connectivity index (χ3n) is 3.19. The molecule has 2 N–H and O–H groups in total. The van der Waals surface area contributed by atoms with Gasteiger partial charge in [-0.3, -0.25) is 0 Å². The molecule has 0 radical (unpaired) electrons. The van der Waals surface area contributed by atoms with Crippen molar-refractivity contribution in [1.82, 2.24) is 4.57 Å². The molecule has 2 aromatic rings. The summed E-state index contributed by atoms with van der Waals surface area (Å²) >= 11 is 0. The molecule has 1 heterocycles. The average molecular weight is 337 g/mol. The number of hydrogen-bond donors (Lipinski definition) is 1. The van der Waals surface area contributed by atoms with Crippen molar-refractivity contribution >= 4 is 11.7 Å². The number of alkyl halides is 2. The Bertz CT molecular complexity index is 812. The van der Waals surface area contributed by atoms with E-state index in [-0.39, 0.29) is 28.4 Å². The number of halogens is 2. The van der Waals surface area contributed by atoms with Crippen LogP contribution in [0.2, 0.25) is 0 Å². The first kappa shape index (κ1) is 17.1. The van der Waals surface area contributed by atoms with Gasteiger partial charge in [-0.05, 0) is 12.1 Å². The minimum atomic E-state index is -3.01. The molecule has 0 atom stereocenters. The highest BCUT2D eigenvalue weighted by Crippen LogP contribution is 2.33. The number of nitrogens with zero attached hydrogens (tertiary/aromatic N) is 2. The fraction of sp³-hybridized carbons (Fsp3) is 0.200. The summed E-state index contributed by atoms with van der Waals surface area (Å²) in [6, 6.07) is 5.89. The maximum atomic E-state index is 12.4. The maximum Gasteiger partial charge on any atom is 0.387 e. The normalized spacial score (nSPS) is 10.3. The molecule has 0 bridgehead atoms. The van der Waals surface area contributed by atoms with Gasteiger partial charge in [-0.2, -0.15) is 14.0 Å². The van der Waals surface area contributed by atoms with Gasteiger partial charge in [-0.25, -0.2) is 4.79 Å². The van der Waals surface area contributed by atoms with Crippen molar-refractivity contribution < 1.29 is 27.8 Å². The van der Waals surface area contributed by atoms with Crippen LogP contribution < -0.4 is 15.2 Å². The second kappa shape index (κ2) is 6.87. The van der Waals surface area contributed by atoms with Crippen molar-refractivity contribution in [1.29, 1.82) is 5.26 Å². The molecule has 0 unspecified atom stereocenters. The highest BCUT2D eigenvalue weighted by atomic mass is 19.3. The molecule has 0 aliphatic carbocycles. The molecule has 24 heavy (non-hydrogen) atoms. The van der Waals surface area contributed by atoms with Gasteiger partial charge in [0.2, 0.25) is 0 Å². The van der Waals surface area contributed by atoms with Gasteiger partial charge in [0.05, 0.1) is 25.5 Å². The third kappa shape index (κ3) is 3.08. The Kier molecular flexibility index (Phi) is 4.89. The molecular formula is C15H13F2N3O4. The lowest BCUT2D eigenvalue weighted by atomic mass is 10.2. The zero-order valence-electron chi connectivity index (χ0n) is 12.7. The summed E-state index contributed by atoms with van der Waals surface area (Å²) < 4.78 is 40.1. The van der Waals surface area contributed by atoms with Crippen LogP contribution in [-0.2, 0) is 4.74 Å². The molecule has 0 aliphatic rings. The van der Waals surface area contributed by atoms with E-state index < -0.39 is 12.6 Å². The number of nitrogen functional groups attached to an aromatic ring is 1. The minimum absolute atomic E-state index is 0.0226. The fourth-order valence-electron chi connectivity index (χ4n) is 2.12. The lowest BCUT2D eigenvalue weighted by Crippen LogP contribution is -2.11. The van der Waals surface area contributed by atoms with Crippen LogP contribution in [0.4, 0.5) is 14.5 Å². The molecule has 126 valence electrons. The minimum Gasteiger partial charge on any atom is -0.493 e. The van der Waals surface area contributed by atoms with E-state index in [1.807, 2.05) is 6.07 Å². The quantitative estimate of drug-likeness (QED) is 0.841. The highest BCUT2D eigenvalue weighted by Gasteiger charge is 2.22. The molecule has 0 saturated heterocycles. The number of carbonyl (C=O) groups excluding carboxylic acids is 1. The molecule has 0 aliphatic heterocycles. The Morgan fingerprint density at radius 3 is 2.58 bits per heavy atom. The Labute approximate surface area is 135 Å². The molecule has 1 aromatic carbocycles. The summed E-state index contributed by atoms with van der Waals surface area (Å²) in [4.78, 5) is 11.9. The van der Waals surface area contributed by atoms with E-state index in [2.05, 4.69) is 9.47 Å². The highest BCUT2D eigenvalue weighted by molar-refractivity contribution is 5.96. The van der Waals surface area contributed by atoms with E-state index in [4.69, 9.17) is 15.7 Å². The van der Waals surface area contributed by atoms with Crippen LogP contribution in [0.15, 0.2) is 24.4 Å². The molecule has 0 saturated carbocycles. The summed E-state index contributed by atoms with van der Waals surface area (Å²) in [6.45, 7) is -3.01. The molecule has 1 aromatic heterocycles. The smallest absolute Gasteiger partial charge is 0.387 e. The van der Waals surface area contributed by atoms with Gasteiger partial charge in [0.25, 0.3) is 0 Å². The lowest BCUT2D eigenvalue weighted by molar-refractivity contribution is -0.0512.